The Kier molecular flexibility index (Phi) is 5.51. The van der Waals surface area contributed by atoms with Gasteiger partial charge < -0.3 is 14.8 Å². The summed E-state index contributed by atoms with van der Waals surface area (Å²) in [6.45, 7) is 3.93. The average Bonchev–Trinajstić information content (AvgIpc) is 3.01. The third kappa shape index (κ3) is 4.18. The summed E-state index contributed by atoms with van der Waals surface area (Å²) >= 11 is 0. The number of benzene rings is 1. The van der Waals surface area contributed by atoms with Gasteiger partial charge in [0.15, 0.2) is 17.8 Å². The van der Waals surface area contributed by atoms with Crippen LogP contribution in [0.3, 0.4) is 0 Å². The molecule has 122 valence electrons. The van der Waals surface area contributed by atoms with Crippen LogP contribution in [0.2, 0.25) is 0 Å². The first kappa shape index (κ1) is 16.7. The van der Waals surface area contributed by atoms with E-state index in [0.29, 0.717) is 12.2 Å². The number of hydrogen-bond donors (Lipinski definition) is 2. The fourth-order valence-corrected chi connectivity index (χ4v) is 2.21. The first-order chi connectivity index (χ1) is 11.0. The molecular weight excluding hydrogens is 296 g/mol. The molecule has 0 aliphatic heterocycles. The molecule has 0 aliphatic carbocycles. The van der Waals surface area contributed by atoms with Crippen molar-refractivity contribution in [2.75, 3.05) is 0 Å². The van der Waals surface area contributed by atoms with E-state index in [0.717, 1.165) is 24.0 Å². The number of nitrogens with zero attached hydrogens (tertiary/aromatic N) is 1. The largest absolute Gasteiger partial charge is 0.480 e. The zero-order valence-corrected chi connectivity index (χ0v) is 13.2. The van der Waals surface area contributed by atoms with Gasteiger partial charge in [-0.15, -0.1) is 0 Å². The summed E-state index contributed by atoms with van der Waals surface area (Å²) in [4.78, 5) is 27.5. The average molecular weight is 316 g/mol. The second kappa shape index (κ2) is 7.58. The molecule has 0 saturated carbocycles. The maximum absolute atomic E-state index is 12.3. The predicted molar refractivity (Wildman–Crippen MR) is 85.1 cm³/mol. The second-order valence-electron chi connectivity index (χ2n) is 5.40. The summed E-state index contributed by atoms with van der Waals surface area (Å²) in [6, 6.07) is 6.54. The van der Waals surface area contributed by atoms with Crippen molar-refractivity contribution in [3.63, 3.8) is 0 Å². The minimum atomic E-state index is -1.05. The van der Waals surface area contributed by atoms with Crippen LogP contribution in [0, 0.1) is 6.92 Å². The van der Waals surface area contributed by atoms with Gasteiger partial charge in [0, 0.05) is 5.56 Å². The Morgan fingerprint density at radius 2 is 2.00 bits per heavy atom. The van der Waals surface area contributed by atoms with E-state index in [1.807, 2.05) is 38.1 Å². The van der Waals surface area contributed by atoms with Gasteiger partial charge in [-0.25, -0.2) is 9.78 Å². The van der Waals surface area contributed by atoms with E-state index in [1.54, 1.807) is 0 Å². The summed E-state index contributed by atoms with van der Waals surface area (Å²) in [5.41, 5.74) is 1.90. The monoisotopic (exact) mass is 316 g/mol. The number of aliphatic carboxylic acids is 1. The lowest BCUT2D eigenvalue weighted by atomic mass is 10.1. The SMILES string of the molecule is CCCC[C@H](NC(=O)c1ncoc1-c1ccc(C)cc1)C(=O)O. The van der Waals surface area contributed by atoms with Gasteiger partial charge in [0.25, 0.3) is 5.91 Å². The first-order valence-electron chi connectivity index (χ1n) is 7.57. The second-order valence-corrected chi connectivity index (χ2v) is 5.40. The van der Waals surface area contributed by atoms with Crippen LogP contribution >= 0.6 is 0 Å². The van der Waals surface area contributed by atoms with Gasteiger partial charge in [0.05, 0.1) is 0 Å². The molecule has 1 heterocycles. The highest BCUT2D eigenvalue weighted by Crippen LogP contribution is 2.23. The third-order valence-corrected chi connectivity index (χ3v) is 3.55. The minimum Gasteiger partial charge on any atom is -0.480 e. The molecule has 6 heteroatoms. The molecule has 1 aromatic carbocycles. The van der Waals surface area contributed by atoms with Crippen molar-refractivity contribution in [1.29, 1.82) is 0 Å². The number of aryl methyl sites for hydroxylation is 1. The molecule has 6 nitrogen and oxygen atoms in total. The van der Waals surface area contributed by atoms with Crippen LogP contribution < -0.4 is 5.32 Å². The maximum Gasteiger partial charge on any atom is 0.326 e. The summed E-state index contributed by atoms with van der Waals surface area (Å²) in [5.74, 6) is -1.26. The van der Waals surface area contributed by atoms with Crippen molar-refractivity contribution in [3.05, 3.63) is 41.9 Å². The predicted octanol–water partition coefficient (Wildman–Crippen LogP) is 3.02. The molecule has 0 unspecified atom stereocenters. The lowest BCUT2D eigenvalue weighted by molar-refractivity contribution is -0.139. The molecule has 2 N–H and O–H groups in total. The van der Waals surface area contributed by atoms with Crippen LogP contribution in [0.5, 0.6) is 0 Å². The Morgan fingerprint density at radius 3 is 2.61 bits per heavy atom. The number of amides is 1. The van der Waals surface area contributed by atoms with E-state index in [-0.39, 0.29) is 5.69 Å². The third-order valence-electron chi connectivity index (χ3n) is 3.55. The number of rotatable bonds is 7. The first-order valence-corrected chi connectivity index (χ1v) is 7.57. The summed E-state index contributed by atoms with van der Waals surface area (Å²) < 4.78 is 5.32. The number of unbranched alkanes of at least 4 members (excludes halogenated alkanes) is 1. The molecular formula is C17H20N2O4. The molecule has 2 aromatic rings. The Labute approximate surface area is 134 Å². The number of carboxylic acid groups (broad SMARTS) is 1. The number of nitrogens with one attached hydrogen (secondary N) is 1. The highest BCUT2D eigenvalue weighted by Gasteiger charge is 2.24. The molecule has 0 bridgehead atoms. The van der Waals surface area contributed by atoms with Crippen LogP contribution in [0.15, 0.2) is 35.1 Å². The highest BCUT2D eigenvalue weighted by atomic mass is 16.4. The lowest BCUT2D eigenvalue weighted by Gasteiger charge is -2.13. The smallest absolute Gasteiger partial charge is 0.326 e. The molecule has 0 radical (unpaired) electrons. The van der Waals surface area contributed by atoms with Crippen molar-refractivity contribution in [1.82, 2.24) is 10.3 Å². The number of carbonyl (C=O) groups excluding carboxylic acids is 1. The molecule has 0 aliphatic rings. The quantitative estimate of drug-likeness (QED) is 0.819. The van der Waals surface area contributed by atoms with E-state index in [9.17, 15) is 14.7 Å². The Balaban J connectivity index is 2.18. The van der Waals surface area contributed by atoms with Gasteiger partial charge in [-0.05, 0) is 13.3 Å². The standard InChI is InChI=1S/C17H20N2O4/c1-3-4-5-13(17(21)22)19-16(20)14-15(23-10-18-14)12-8-6-11(2)7-9-12/h6-10,13H,3-5H2,1-2H3,(H,19,20)(H,21,22)/t13-/m0/s1. The van der Waals surface area contributed by atoms with Crippen molar-refractivity contribution in [2.24, 2.45) is 0 Å². The molecule has 0 spiro atoms. The minimum absolute atomic E-state index is 0.0941. The van der Waals surface area contributed by atoms with Crippen LogP contribution in [0.25, 0.3) is 11.3 Å². The fourth-order valence-electron chi connectivity index (χ4n) is 2.21. The lowest BCUT2D eigenvalue weighted by Crippen LogP contribution is -2.41. The van der Waals surface area contributed by atoms with E-state index in [1.165, 1.54) is 6.39 Å². The van der Waals surface area contributed by atoms with Gasteiger partial charge in [-0.2, -0.15) is 0 Å². The van der Waals surface area contributed by atoms with Crippen molar-refractivity contribution < 1.29 is 19.1 Å². The summed E-state index contributed by atoms with van der Waals surface area (Å²) in [6.07, 6.45) is 3.15. The van der Waals surface area contributed by atoms with Gasteiger partial charge >= 0.3 is 5.97 Å². The molecule has 1 amide bonds. The van der Waals surface area contributed by atoms with Crippen molar-refractivity contribution in [2.45, 2.75) is 39.2 Å². The Hall–Kier alpha value is -2.63. The van der Waals surface area contributed by atoms with Crippen LogP contribution in [0.4, 0.5) is 0 Å². The highest BCUT2D eigenvalue weighted by molar-refractivity contribution is 5.99. The van der Waals surface area contributed by atoms with Crippen LogP contribution in [-0.4, -0.2) is 28.0 Å². The Bertz CT molecular complexity index is 676. The van der Waals surface area contributed by atoms with Gasteiger partial charge in [0.1, 0.15) is 6.04 Å². The number of hydrogen-bond acceptors (Lipinski definition) is 4. The zero-order valence-electron chi connectivity index (χ0n) is 13.2. The number of carbonyl (C=O) groups is 2. The van der Waals surface area contributed by atoms with E-state index in [4.69, 9.17) is 4.42 Å². The zero-order chi connectivity index (χ0) is 16.8. The van der Waals surface area contributed by atoms with Crippen LogP contribution in [0.1, 0.15) is 42.2 Å². The molecule has 2 rings (SSSR count). The Morgan fingerprint density at radius 1 is 1.30 bits per heavy atom. The number of aromatic nitrogens is 1. The number of carboxylic acids is 1. The normalized spacial score (nSPS) is 11.9. The molecule has 23 heavy (non-hydrogen) atoms. The van der Waals surface area contributed by atoms with Crippen molar-refractivity contribution >= 4 is 11.9 Å². The topological polar surface area (TPSA) is 92.4 Å². The number of oxazole rings is 1. The van der Waals surface area contributed by atoms with E-state index < -0.39 is 17.9 Å². The maximum atomic E-state index is 12.3. The van der Waals surface area contributed by atoms with Crippen LogP contribution in [-0.2, 0) is 4.79 Å². The summed E-state index contributed by atoms with van der Waals surface area (Å²) in [7, 11) is 0. The van der Waals surface area contributed by atoms with Crippen molar-refractivity contribution in [3.8, 4) is 11.3 Å². The van der Waals surface area contributed by atoms with Gasteiger partial charge in [0.2, 0.25) is 0 Å². The van der Waals surface area contributed by atoms with Gasteiger partial charge in [-0.3, -0.25) is 4.79 Å². The molecule has 1 atom stereocenters. The molecule has 0 saturated heterocycles. The molecule has 1 aromatic heterocycles. The van der Waals surface area contributed by atoms with E-state index in [2.05, 4.69) is 10.3 Å². The fraction of sp³-hybridized carbons (Fsp3) is 0.353. The van der Waals surface area contributed by atoms with Gasteiger partial charge in [-0.1, -0.05) is 49.6 Å². The molecule has 0 fully saturated rings. The summed E-state index contributed by atoms with van der Waals surface area (Å²) in [5, 5.41) is 11.7. The van der Waals surface area contributed by atoms with E-state index >= 15 is 0 Å².